The van der Waals surface area contributed by atoms with Crippen molar-refractivity contribution in [1.82, 2.24) is 9.88 Å². The zero-order chi connectivity index (χ0) is 21.4. The van der Waals surface area contributed by atoms with Gasteiger partial charge in [-0.1, -0.05) is 12.2 Å². The molecule has 3 aliphatic rings. The third-order valence-corrected chi connectivity index (χ3v) is 6.14. The number of allylic oxidation sites excluding steroid dienone is 3. The van der Waals surface area contributed by atoms with Gasteiger partial charge in [-0.25, -0.2) is 0 Å². The van der Waals surface area contributed by atoms with Gasteiger partial charge in [0.1, 0.15) is 5.76 Å². The molecule has 7 heteroatoms. The molecule has 0 radical (unpaired) electrons. The van der Waals surface area contributed by atoms with Crippen molar-refractivity contribution in [2.45, 2.75) is 25.7 Å². The van der Waals surface area contributed by atoms with Gasteiger partial charge in [0.2, 0.25) is 0 Å². The van der Waals surface area contributed by atoms with Gasteiger partial charge in [0.25, 0.3) is 11.8 Å². The van der Waals surface area contributed by atoms with Crippen molar-refractivity contribution in [2.24, 2.45) is 10.9 Å². The van der Waals surface area contributed by atoms with Crippen LogP contribution in [0.2, 0.25) is 0 Å². The van der Waals surface area contributed by atoms with Gasteiger partial charge >= 0.3 is 0 Å². The van der Waals surface area contributed by atoms with E-state index in [1.807, 2.05) is 35.3 Å². The first-order valence-corrected chi connectivity index (χ1v) is 10.7. The number of aliphatic hydroxyl groups is 1. The Labute approximate surface area is 179 Å². The highest BCUT2D eigenvalue weighted by molar-refractivity contribution is 6.20. The molecular formula is C24H24N4O3. The fourth-order valence-corrected chi connectivity index (χ4v) is 4.41. The van der Waals surface area contributed by atoms with Crippen molar-refractivity contribution in [1.29, 1.82) is 0 Å². The molecule has 2 aromatic rings. The minimum absolute atomic E-state index is 0.00737. The number of rotatable bonds is 3. The molecule has 2 amide bonds. The molecule has 5 rings (SSSR count). The number of nitrogens with one attached hydrogen (secondary N) is 2. The summed E-state index contributed by atoms with van der Waals surface area (Å²) in [6, 6.07) is 5.49. The smallest absolute Gasteiger partial charge is 0.260 e. The number of nitrogens with zero attached hydrogens (tertiary/aromatic N) is 2. The van der Waals surface area contributed by atoms with Crippen LogP contribution in [0, 0.1) is 5.92 Å². The Bertz CT molecular complexity index is 1180. The number of likely N-dealkylation sites (tertiary alicyclic amines) is 1. The van der Waals surface area contributed by atoms with Gasteiger partial charge in [-0.3, -0.25) is 14.6 Å². The highest BCUT2D eigenvalue weighted by Gasteiger charge is 2.29. The van der Waals surface area contributed by atoms with Crippen molar-refractivity contribution < 1.29 is 14.7 Å². The average Bonchev–Trinajstić information content (AvgIpc) is 3.26. The molecule has 31 heavy (non-hydrogen) atoms. The zero-order valence-corrected chi connectivity index (χ0v) is 17.1. The van der Waals surface area contributed by atoms with Crippen LogP contribution in [0.1, 0.15) is 36.0 Å². The molecule has 3 heterocycles. The first-order chi connectivity index (χ1) is 15.1. The summed E-state index contributed by atoms with van der Waals surface area (Å²) in [6.07, 6.45) is 12.6. The molecule has 0 saturated carbocycles. The molecular weight excluding hydrogens is 392 g/mol. The quantitative estimate of drug-likeness (QED) is 0.703. The molecule has 1 atom stereocenters. The standard InChI is InChI=1S/C24H24N4O3/c29-22-16-6-2-3-7-19(16)26-14-18(22)23(30)27-21-13-20-15(8-9-25-20)12-17(21)24(31)28-10-4-1-5-11-28/h2-3,7-9,12-14,16,25,29H,1,4-6,10-11H2,(H,27,30). The van der Waals surface area contributed by atoms with E-state index in [-0.39, 0.29) is 23.2 Å². The van der Waals surface area contributed by atoms with E-state index < -0.39 is 5.91 Å². The first-order valence-electron chi connectivity index (χ1n) is 10.7. The van der Waals surface area contributed by atoms with E-state index in [0.29, 0.717) is 17.7 Å². The fraction of sp³-hybridized carbons (Fsp3) is 0.292. The van der Waals surface area contributed by atoms with Gasteiger partial charge in [-0.15, -0.1) is 0 Å². The number of carbonyl (C=O) groups excluding carboxylic acids is 2. The minimum atomic E-state index is -0.478. The van der Waals surface area contributed by atoms with E-state index in [4.69, 9.17) is 0 Å². The lowest BCUT2D eigenvalue weighted by atomic mass is 9.90. The van der Waals surface area contributed by atoms with Crippen LogP contribution in [-0.4, -0.2) is 46.1 Å². The maximum absolute atomic E-state index is 13.3. The van der Waals surface area contributed by atoms with E-state index in [1.54, 1.807) is 12.3 Å². The summed E-state index contributed by atoms with van der Waals surface area (Å²) in [7, 11) is 0. The monoisotopic (exact) mass is 416 g/mol. The number of carbonyl (C=O) groups is 2. The first kappa shape index (κ1) is 19.4. The molecule has 2 aliphatic heterocycles. The number of dihydropyridines is 1. The molecule has 1 unspecified atom stereocenters. The zero-order valence-electron chi connectivity index (χ0n) is 17.1. The molecule has 1 fully saturated rings. The average molecular weight is 416 g/mol. The largest absolute Gasteiger partial charge is 0.511 e. The van der Waals surface area contributed by atoms with E-state index >= 15 is 0 Å². The molecule has 3 N–H and O–H groups in total. The fourth-order valence-electron chi connectivity index (χ4n) is 4.41. The normalized spacial score (nSPS) is 20.6. The van der Waals surface area contributed by atoms with Gasteiger partial charge in [0, 0.05) is 36.4 Å². The molecule has 7 nitrogen and oxygen atoms in total. The van der Waals surface area contributed by atoms with Gasteiger partial charge in [-0.2, -0.15) is 0 Å². The van der Waals surface area contributed by atoms with Gasteiger partial charge in [0.05, 0.1) is 28.4 Å². The number of benzene rings is 1. The molecule has 0 bridgehead atoms. The Morgan fingerprint density at radius 1 is 1.19 bits per heavy atom. The van der Waals surface area contributed by atoms with Crippen molar-refractivity contribution in [3.8, 4) is 0 Å². The van der Waals surface area contributed by atoms with E-state index in [0.717, 1.165) is 49.0 Å². The Morgan fingerprint density at radius 2 is 2.03 bits per heavy atom. The Hall–Kier alpha value is -3.61. The number of aliphatic imine (C=N–C) groups is 1. The lowest BCUT2D eigenvalue weighted by Gasteiger charge is -2.28. The summed E-state index contributed by atoms with van der Waals surface area (Å²) in [5, 5.41) is 14.5. The molecule has 1 aromatic heterocycles. The van der Waals surface area contributed by atoms with Crippen LogP contribution in [0.5, 0.6) is 0 Å². The van der Waals surface area contributed by atoms with Crippen LogP contribution in [0.25, 0.3) is 10.9 Å². The maximum Gasteiger partial charge on any atom is 0.260 e. The SMILES string of the molecule is O=C(Nc1cc2[nH]ccc2cc1C(=O)N1CCCCC1)C1=C(O)C2CC=CC=C2N=C1. The Balaban J connectivity index is 1.47. The highest BCUT2D eigenvalue weighted by Crippen LogP contribution is 2.33. The number of hydrogen-bond acceptors (Lipinski definition) is 4. The lowest BCUT2D eigenvalue weighted by Crippen LogP contribution is -2.36. The second kappa shape index (κ2) is 7.91. The van der Waals surface area contributed by atoms with Crippen LogP contribution in [-0.2, 0) is 4.79 Å². The van der Waals surface area contributed by atoms with Crippen molar-refractivity contribution >= 4 is 34.6 Å². The topological polar surface area (TPSA) is 97.8 Å². The van der Waals surface area contributed by atoms with Crippen molar-refractivity contribution in [2.75, 3.05) is 18.4 Å². The highest BCUT2D eigenvalue weighted by atomic mass is 16.3. The number of hydrogen-bond donors (Lipinski definition) is 3. The summed E-state index contributed by atoms with van der Waals surface area (Å²) in [5.41, 5.74) is 2.57. The van der Waals surface area contributed by atoms with Crippen LogP contribution < -0.4 is 5.32 Å². The predicted molar refractivity (Wildman–Crippen MR) is 120 cm³/mol. The second-order valence-corrected chi connectivity index (χ2v) is 8.13. The molecule has 158 valence electrons. The van der Waals surface area contributed by atoms with E-state index in [2.05, 4.69) is 15.3 Å². The molecule has 1 saturated heterocycles. The van der Waals surface area contributed by atoms with E-state index in [9.17, 15) is 14.7 Å². The van der Waals surface area contributed by atoms with Gasteiger partial charge in [0.15, 0.2) is 0 Å². The maximum atomic E-state index is 13.3. The minimum Gasteiger partial charge on any atom is -0.511 e. The third kappa shape index (κ3) is 3.56. The Morgan fingerprint density at radius 3 is 2.87 bits per heavy atom. The Kier molecular flexibility index (Phi) is 4.94. The van der Waals surface area contributed by atoms with E-state index in [1.165, 1.54) is 6.21 Å². The molecule has 1 aliphatic carbocycles. The summed E-state index contributed by atoms with van der Waals surface area (Å²) in [5.74, 6) is -0.867. The van der Waals surface area contributed by atoms with Crippen molar-refractivity contribution in [3.05, 3.63) is 65.2 Å². The number of amides is 2. The summed E-state index contributed by atoms with van der Waals surface area (Å²) < 4.78 is 0. The van der Waals surface area contributed by atoms with Crippen LogP contribution >= 0.6 is 0 Å². The summed E-state index contributed by atoms with van der Waals surface area (Å²) in [6.45, 7) is 1.45. The predicted octanol–water partition coefficient (Wildman–Crippen LogP) is 4.09. The molecule has 0 spiro atoms. The molecule has 1 aromatic carbocycles. The number of aromatic amines is 1. The second-order valence-electron chi connectivity index (χ2n) is 8.13. The summed E-state index contributed by atoms with van der Waals surface area (Å²) in [4.78, 5) is 35.7. The summed E-state index contributed by atoms with van der Waals surface area (Å²) >= 11 is 0. The number of fused-ring (bicyclic) bond motifs is 2. The van der Waals surface area contributed by atoms with Crippen LogP contribution in [0.3, 0.4) is 0 Å². The number of piperidine rings is 1. The number of aliphatic hydroxyl groups excluding tert-OH is 1. The third-order valence-electron chi connectivity index (χ3n) is 6.14. The van der Waals surface area contributed by atoms with Crippen LogP contribution in [0.15, 0.2) is 64.6 Å². The van der Waals surface area contributed by atoms with Gasteiger partial charge < -0.3 is 20.3 Å². The van der Waals surface area contributed by atoms with Crippen molar-refractivity contribution in [3.63, 3.8) is 0 Å². The number of anilines is 1. The number of H-pyrrole nitrogens is 1. The van der Waals surface area contributed by atoms with Crippen LogP contribution in [0.4, 0.5) is 5.69 Å². The lowest BCUT2D eigenvalue weighted by molar-refractivity contribution is -0.112. The van der Waals surface area contributed by atoms with Gasteiger partial charge in [-0.05, 0) is 50.0 Å². The number of aromatic nitrogens is 1.